The van der Waals surface area contributed by atoms with E-state index in [0.29, 0.717) is 0 Å². The topological polar surface area (TPSA) is 12.5 Å². The molecule has 0 aromatic heterocycles. The molecule has 2 aromatic rings. The van der Waals surface area contributed by atoms with Crippen molar-refractivity contribution in [2.24, 2.45) is 0 Å². The molecule has 1 unspecified atom stereocenters. The Balaban J connectivity index is 1.47. The van der Waals surface area contributed by atoms with Crippen molar-refractivity contribution in [1.82, 2.24) is 4.90 Å². The van der Waals surface area contributed by atoms with Crippen LogP contribution in [-0.2, 0) is 0 Å². The Morgan fingerprint density at radius 1 is 1.00 bits per heavy atom. The molecule has 2 nitrogen and oxygen atoms in total. The van der Waals surface area contributed by atoms with Crippen molar-refractivity contribution in [1.29, 1.82) is 0 Å². The first-order valence-electron chi connectivity index (χ1n) is 8.93. The monoisotopic (exact) mass is 353 g/mol. The van der Waals surface area contributed by atoms with E-state index in [-0.39, 0.29) is 10.5 Å². The molecule has 1 aliphatic rings. The lowest BCUT2D eigenvalue weighted by atomic mass is 10.2. The highest BCUT2D eigenvalue weighted by Gasteiger charge is 2.05. The Labute approximate surface area is 154 Å². The summed E-state index contributed by atoms with van der Waals surface area (Å²) in [5, 5.41) is 0. The van der Waals surface area contributed by atoms with Gasteiger partial charge in [0.2, 0.25) is 0 Å². The standard InChI is InChI=1S/C22H27NOS/c1-19-7-11-21(12-8-19)25(2)22-13-9-20(10-14-22)24-18-6-17-23-15-4-3-5-16-23/h3-4,7-14H,2,5-6,15-18H2,1H3. The van der Waals surface area contributed by atoms with E-state index in [1.165, 1.54) is 28.3 Å². The molecule has 3 heteroatoms. The number of aryl methyl sites for hydroxylation is 1. The van der Waals surface area contributed by atoms with E-state index < -0.39 is 0 Å². The first-order valence-corrected chi connectivity index (χ1v) is 10.3. The van der Waals surface area contributed by atoms with Gasteiger partial charge in [0.15, 0.2) is 0 Å². The maximum absolute atomic E-state index is 5.89. The summed E-state index contributed by atoms with van der Waals surface area (Å²) in [6.45, 7) is 6.25. The minimum atomic E-state index is -0.143. The molecule has 25 heavy (non-hydrogen) atoms. The molecule has 0 aliphatic carbocycles. The summed E-state index contributed by atoms with van der Waals surface area (Å²) < 4.78 is 5.89. The van der Waals surface area contributed by atoms with Crippen LogP contribution in [0.5, 0.6) is 5.75 Å². The molecular formula is C22H27NOS. The zero-order valence-electron chi connectivity index (χ0n) is 15.0. The van der Waals surface area contributed by atoms with Crippen molar-refractivity contribution in [3.63, 3.8) is 0 Å². The summed E-state index contributed by atoms with van der Waals surface area (Å²) in [5.41, 5.74) is 1.28. The van der Waals surface area contributed by atoms with Crippen LogP contribution in [0.25, 0.3) is 0 Å². The van der Waals surface area contributed by atoms with E-state index in [4.69, 9.17) is 4.74 Å². The molecule has 132 valence electrons. The molecule has 0 radical (unpaired) electrons. The molecule has 1 atom stereocenters. The number of benzene rings is 2. The van der Waals surface area contributed by atoms with E-state index in [9.17, 15) is 0 Å². The highest BCUT2D eigenvalue weighted by atomic mass is 32.2. The van der Waals surface area contributed by atoms with E-state index in [1.807, 2.05) is 0 Å². The predicted octanol–water partition coefficient (Wildman–Crippen LogP) is 5.14. The number of hydrogen-bond donors (Lipinski definition) is 0. The van der Waals surface area contributed by atoms with Gasteiger partial charge in [-0.3, -0.25) is 4.90 Å². The molecule has 0 saturated heterocycles. The van der Waals surface area contributed by atoms with Crippen LogP contribution in [0.3, 0.4) is 0 Å². The lowest BCUT2D eigenvalue weighted by molar-refractivity contribution is 0.247. The fraction of sp³-hybridized carbons (Fsp3) is 0.318. The summed E-state index contributed by atoms with van der Waals surface area (Å²) in [6.07, 6.45) is 6.77. The highest BCUT2D eigenvalue weighted by molar-refractivity contribution is 8.14. The van der Waals surface area contributed by atoms with E-state index in [0.717, 1.165) is 31.9 Å². The number of hydrogen-bond acceptors (Lipinski definition) is 2. The first-order chi connectivity index (χ1) is 12.2. The first kappa shape index (κ1) is 18.0. The van der Waals surface area contributed by atoms with Crippen LogP contribution in [0, 0.1) is 6.92 Å². The van der Waals surface area contributed by atoms with Crippen LogP contribution in [0.2, 0.25) is 0 Å². The smallest absolute Gasteiger partial charge is 0.119 e. The van der Waals surface area contributed by atoms with Gasteiger partial charge in [-0.2, -0.15) is 0 Å². The third-order valence-corrected chi connectivity index (χ3v) is 6.13. The van der Waals surface area contributed by atoms with E-state index in [2.05, 4.69) is 78.4 Å². The quantitative estimate of drug-likeness (QED) is 0.388. The van der Waals surface area contributed by atoms with Gasteiger partial charge in [0.1, 0.15) is 5.75 Å². The second-order valence-electron chi connectivity index (χ2n) is 6.44. The number of ether oxygens (including phenoxy) is 1. The predicted molar refractivity (Wildman–Crippen MR) is 109 cm³/mol. The summed E-state index contributed by atoms with van der Waals surface area (Å²) in [7, 11) is -0.143. The molecule has 0 fully saturated rings. The van der Waals surface area contributed by atoms with Crippen molar-refractivity contribution in [3.05, 3.63) is 66.2 Å². The largest absolute Gasteiger partial charge is 0.494 e. The van der Waals surface area contributed by atoms with Gasteiger partial charge in [-0.1, -0.05) is 35.7 Å². The normalized spacial score (nSPS) is 15.9. The van der Waals surface area contributed by atoms with Crippen LogP contribution >= 0.6 is 10.5 Å². The van der Waals surface area contributed by atoms with Crippen molar-refractivity contribution >= 4 is 16.4 Å². The van der Waals surface area contributed by atoms with Crippen LogP contribution in [-0.4, -0.2) is 37.0 Å². The van der Waals surface area contributed by atoms with Crippen molar-refractivity contribution in [3.8, 4) is 5.75 Å². The van der Waals surface area contributed by atoms with Crippen LogP contribution in [0.4, 0.5) is 0 Å². The van der Waals surface area contributed by atoms with Gasteiger partial charge in [0.25, 0.3) is 0 Å². The molecule has 0 saturated carbocycles. The Morgan fingerprint density at radius 3 is 2.32 bits per heavy atom. The fourth-order valence-electron chi connectivity index (χ4n) is 2.91. The fourth-order valence-corrected chi connectivity index (χ4v) is 4.11. The Bertz CT molecular complexity index is 719. The molecule has 0 N–H and O–H groups in total. The van der Waals surface area contributed by atoms with Crippen LogP contribution in [0.1, 0.15) is 18.4 Å². The van der Waals surface area contributed by atoms with Gasteiger partial charge >= 0.3 is 0 Å². The van der Waals surface area contributed by atoms with Gasteiger partial charge in [0.05, 0.1) is 6.61 Å². The van der Waals surface area contributed by atoms with Crippen LogP contribution in [0.15, 0.2) is 70.5 Å². The van der Waals surface area contributed by atoms with E-state index in [1.54, 1.807) is 0 Å². The number of rotatable bonds is 7. The van der Waals surface area contributed by atoms with Gasteiger partial charge in [0, 0.05) is 29.4 Å². The van der Waals surface area contributed by atoms with Gasteiger partial charge < -0.3 is 4.74 Å². The van der Waals surface area contributed by atoms with Crippen molar-refractivity contribution in [2.75, 3.05) is 26.2 Å². The second-order valence-corrected chi connectivity index (χ2v) is 8.16. The molecule has 3 rings (SSSR count). The molecular weight excluding hydrogens is 326 g/mol. The number of nitrogens with zero attached hydrogens (tertiary/aromatic N) is 1. The van der Waals surface area contributed by atoms with E-state index >= 15 is 0 Å². The lowest BCUT2D eigenvalue weighted by Crippen LogP contribution is -2.29. The zero-order valence-corrected chi connectivity index (χ0v) is 15.8. The molecule has 1 heterocycles. The van der Waals surface area contributed by atoms with Gasteiger partial charge in [-0.05, 0) is 56.2 Å². The maximum atomic E-state index is 5.89. The SMILES string of the molecule is C=S(c1ccc(C)cc1)c1ccc(OCCCN2CC=CCC2)cc1. The third-order valence-electron chi connectivity index (χ3n) is 4.44. The zero-order chi connectivity index (χ0) is 17.5. The molecule has 0 bridgehead atoms. The summed E-state index contributed by atoms with van der Waals surface area (Å²) in [4.78, 5) is 4.99. The third kappa shape index (κ3) is 5.32. The average molecular weight is 354 g/mol. The minimum Gasteiger partial charge on any atom is -0.494 e. The summed E-state index contributed by atoms with van der Waals surface area (Å²) >= 11 is 0. The molecule has 0 amide bonds. The maximum Gasteiger partial charge on any atom is 0.119 e. The van der Waals surface area contributed by atoms with Crippen LogP contribution < -0.4 is 4.74 Å². The van der Waals surface area contributed by atoms with Gasteiger partial charge in [-0.15, -0.1) is 10.5 Å². The van der Waals surface area contributed by atoms with Gasteiger partial charge in [-0.25, -0.2) is 0 Å². The summed E-state index contributed by atoms with van der Waals surface area (Å²) in [5.74, 6) is 5.29. The van der Waals surface area contributed by atoms with Crippen molar-refractivity contribution in [2.45, 2.75) is 29.6 Å². The minimum absolute atomic E-state index is 0.143. The average Bonchev–Trinajstić information content (AvgIpc) is 2.67. The molecule has 0 spiro atoms. The Morgan fingerprint density at radius 2 is 1.68 bits per heavy atom. The Hall–Kier alpha value is -1.84. The van der Waals surface area contributed by atoms with Crippen molar-refractivity contribution < 1.29 is 4.74 Å². The highest BCUT2D eigenvalue weighted by Crippen LogP contribution is 2.34. The summed E-state index contributed by atoms with van der Waals surface area (Å²) in [6, 6.07) is 17.1. The second kappa shape index (κ2) is 9.02. The molecule has 2 aromatic carbocycles. The molecule has 1 aliphatic heterocycles. The lowest BCUT2D eigenvalue weighted by Gasteiger charge is -2.22. The Kier molecular flexibility index (Phi) is 6.48.